The third-order valence-corrected chi connectivity index (χ3v) is 4.77. The Morgan fingerprint density at radius 3 is 2.30 bits per heavy atom. The first-order valence-corrected chi connectivity index (χ1v) is 9.08. The lowest BCUT2D eigenvalue weighted by molar-refractivity contribution is 0.0949. The first-order valence-electron chi connectivity index (χ1n) is 8.26. The van der Waals surface area contributed by atoms with Crippen molar-refractivity contribution in [3.05, 3.63) is 76.0 Å². The molecule has 2 N–H and O–H groups in total. The maximum Gasteiger partial charge on any atom is 0.286 e. The summed E-state index contributed by atoms with van der Waals surface area (Å²) in [4.78, 5) is 24.4. The predicted molar refractivity (Wildman–Crippen MR) is 101 cm³/mol. The van der Waals surface area contributed by atoms with E-state index in [4.69, 9.17) is 0 Å². The highest BCUT2D eigenvalue weighted by Crippen LogP contribution is 2.16. The molecule has 0 aliphatic heterocycles. The van der Waals surface area contributed by atoms with E-state index < -0.39 is 11.7 Å². The van der Waals surface area contributed by atoms with Gasteiger partial charge in [-0.05, 0) is 35.7 Å². The number of hydrogen-bond donors (Lipinski definition) is 2. The van der Waals surface area contributed by atoms with Crippen molar-refractivity contribution < 1.29 is 14.0 Å². The predicted octanol–water partition coefficient (Wildman–Crippen LogP) is 3.46. The zero-order valence-corrected chi connectivity index (χ0v) is 15.3. The summed E-state index contributed by atoms with van der Waals surface area (Å²) in [7, 11) is 0. The summed E-state index contributed by atoms with van der Waals surface area (Å²) in [5, 5.41) is 13.1. The lowest BCUT2D eigenvalue weighted by Crippen LogP contribution is -2.27. The van der Waals surface area contributed by atoms with E-state index in [1.165, 1.54) is 24.3 Å². The van der Waals surface area contributed by atoms with Crippen molar-refractivity contribution in [2.24, 2.45) is 0 Å². The van der Waals surface area contributed by atoms with Crippen LogP contribution >= 0.6 is 11.3 Å². The Morgan fingerprint density at radius 2 is 1.63 bits per heavy atom. The molecule has 27 heavy (non-hydrogen) atoms. The first-order chi connectivity index (χ1) is 13.0. The average Bonchev–Trinajstić information content (AvgIpc) is 3.19. The second kappa shape index (κ2) is 8.50. The number of hydrogen-bond acceptors (Lipinski definition) is 5. The molecular weight excluding hydrogens is 367 g/mol. The lowest BCUT2D eigenvalue weighted by Gasteiger charge is -2.11. The minimum Gasteiger partial charge on any atom is -0.349 e. The van der Waals surface area contributed by atoms with Crippen LogP contribution in [0, 0.1) is 5.82 Å². The normalized spacial score (nSPS) is 11.6. The van der Waals surface area contributed by atoms with E-state index in [9.17, 15) is 14.0 Å². The number of nitrogens with one attached hydrogen (secondary N) is 2. The molecular formula is C19H17FN4O2S. The number of rotatable bonds is 6. The first kappa shape index (κ1) is 18.7. The number of halogens is 1. The quantitative estimate of drug-likeness (QED) is 0.682. The number of anilines is 1. The smallest absolute Gasteiger partial charge is 0.286 e. The van der Waals surface area contributed by atoms with Crippen LogP contribution in [0.25, 0.3) is 0 Å². The summed E-state index contributed by atoms with van der Waals surface area (Å²) in [6, 6.07) is 15.2. The van der Waals surface area contributed by atoms with Crippen molar-refractivity contribution in [3.8, 4) is 0 Å². The van der Waals surface area contributed by atoms with Crippen LogP contribution < -0.4 is 10.6 Å². The topological polar surface area (TPSA) is 84.0 Å². The minimum absolute atomic E-state index is 0.0561. The monoisotopic (exact) mass is 384 g/mol. The summed E-state index contributed by atoms with van der Waals surface area (Å²) in [5.74, 6) is -1.14. The second-order valence-corrected chi connectivity index (χ2v) is 6.87. The van der Waals surface area contributed by atoms with Crippen molar-refractivity contribution in [1.82, 2.24) is 15.5 Å². The Kier molecular flexibility index (Phi) is 5.87. The molecule has 1 unspecified atom stereocenters. The van der Waals surface area contributed by atoms with Crippen LogP contribution in [0.1, 0.15) is 38.0 Å². The summed E-state index contributed by atoms with van der Waals surface area (Å²) in [5.41, 5.74) is 1.55. The molecule has 0 saturated carbocycles. The van der Waals surface area contributed by atoms with Crippen LogP contribution in [-0.4, -0.2) is 28.6 Å². The molecule has 3 aromatic rings. The van der Waals surface area contributed by atoms with Crippen molar-refractivity contribution in [3.63, 3.8) is 0 Å². The fourth-order valence-corrected chi connectivity index (χ4v) is 3.00. The summed E-state index contributed by atoms with van der Waals surface area (Å²) >= 11 is 0.899. The minimum atomic E-state index is -0.504. The molecule has 1 atom stereocenters. The number of carbonyl (C=O) groups is 2. The van der Waals surface area contributed by atoms with Crippen LogP contribution in [0.3, 0.4) is 0 Å². The fourth-order valence-electron chi connectivity index (χ4n) is 2.35. The van der Waals surface area contributed by atoms with Gasteiger partial charge in [-0.15, -0.1) is 10.2 Å². The number of benzene rings is 2. The largest absolute Gasteiger partial charge is 0.349 e. The van der Waals surface area contributed by atoms with E-state index in [0.29, 0.717) is 12.2 Å². The highest BCUT2D eigenvalue weighted by atomic mass is 32.1. The van der Waals surface area contributed by atoms with Crippen molar-refractivity contribution in [2.45, 2.75) is 12.8 Å². The molecule has 0 aliphatic carbocycles. The van der Waals surface area contributed by atoms with Gasteiger partial charge in [0.2, 0.25) is 10.0 Å². The fraction of sp³-hybridized carbons (Fsp3) is 0.158. The van der Waals surface area contributed by atoms with Gasteiger partial charge in [-0.25, -0.2) is 4.39 Å². The molecule has 0 radical (unpaired) electrons. The van der Waals surface area contributed by atoms with E-state index in [0.717, 1.165) is 16.9 Å². The van der Waals surface area contributed by atoms with Gasteiger partial charge in [-0.3, -0.25) is 9.59 Å². The zero-order chi connectivity index (χ0) is 19.2. The van der Waals surface area contributed by atoms with Crippen molar-refractivity contribution >= 4 is 28.8 Å². The molecule has 3 rings (SSSR count). The number of carbonyl (C=O) groups excluding carboxylic acids is 2. The van der Waals surface area contributed by atoms with E-state index >= 15 is 0 Å². The molecule has 2 aromatic carbocycles. The van der Waals surface area contributed by atoms with E-state index in [1.807, 2.05) is 37.3 Å². The lowest BCUT2D eigenvalue weighted by atomic mass is 10.0. The summed E-state index contributed by atoms with van der Waals surface area (Å²) in [6.07, 6.45) is 0. The van der Waals surface area contributed by atoms with Gasteiger partial charge in [0.25, 0.3) is 11.8 Å². The SMILES string of the molecule is CC(CNC(=O)c1nnc(C(=O)Nc2ccc(F)cc2)s1)c1ccccc1. The van der Waals surface area contributed by atoms with Gasteiger partial charge >= 0.3 is 0 Å². The third-order valence-electron chi connectivity index (χ3n) is 3.85. The summed E-state index contributed by atoms with van der Waals surface area (Å²) in [6.45, 7) is 2.46. The van der Waals surface area contributed by atoms with E-state index in [-0.39, 0.29) is 21.8 Å². The van der Waals surface area contributed by atoms with Crippen LogP contribution in [-0.2, 0) is 0 Å². The Morgan fingerprint density at radius 1 is 1.00 bits per heavy atom. The maximum absolute atomic E-state index is 12.9. The van der Waals surface area contributed by atoms with E-state index in [1.54, 1.807) is 0 Å². The highest BCUT2D eigenvalue weighted by Gasteiger charge is 2.18. The van der Waals surface area contributed by atoms with E-state index in [2.05, 4.69) is 20.8 Å². The molecule has 0 aliphatic rings. The van der Waals surface area contributed by atoms with Gasteiger partial charge in [0.05, 0.1) is 0 Å². The van der Waals surface area contributed by atoms with Crippen molar-refractivity contribution in [1.29, 1.82) is 0 Å². The molecule has 1 heterocycles. The third kappa shape index (κ3) is 4.95. The maximum atomic E-state index is 12.9. The molecule has 138 valence electrons. The summed E-state index contributed by atoms with van der Waals surface area (Å²) < 4.78 is 12.9. The molecule has 1 aromatic heterocycles. The molecule has 0 bridgehead atoms. The number of amides is 2. The zero-order valence-electron chi connectivity index (χ0n) is 14.5. The van der Waals surface area contributed by atoms with Gasteiger partial charge < -0.3 is 10.6 Å². The van der Waals surface area contributed by atoms with Crippen LogP contribution in [0.4, 0.5) is 10.1 Å². The van der Waals surface area contributed by atoms with Gasteiger partial charge in [-0.1, -0.05) is 48.6 Å². The molecule has 2 amide bonds. The van der Waals surface area contributed by atoms with Crippen LogP contribution in [0.5, 0.6) is 0 Å². The number of aromatic nitrogens is 2. The molecule has 8 heteroatoms. The highest BCUT2D eigenvalue weighted by molar-refractivity contribution is 7.15. The van der Waals surface area contributed by atoms with Gasteiger partial charge in [-0.2, -0.15) is 0 Å². The second-order valence-electron chi connectivity index (χ2n) is 5.90. The van der Waals surface area contributed by atoms with Gasteiger partial charge in [0, 0.05) is 12.2 Å². The molecule has 0 fully saturated rings. The molecule has 0 saturated heterocycles. The van der Waals surface area contributed by atoms with Gasteiger partial charge in [0.1, 0.15) is 5.82 Å². The standard InChI is InChI=1S/C19H17FN4O2S/c1-12(13-5-3-2-4-6-13)11-21-16(25)18-23-24-19(27-18)17(26)22-15-9-7-14(20)8-10-15/h2-10,12H,11H2,1H3,(H,21,25)(H,22,26). The number of nitrogens with zero attached hydrogens (tertiary/aromatic N) is 2. The average molecular weight is 384 g/mol. The molecule has 6 nitrogen and oxygen atoms in total. The van der Waals surface area contributed by atoms with Crippen LogP contribution in [0.15, 0.2) is 54.6 Å². The van der Waals surface area contributed by atoms with Crippen LogP contribution in [0.2, 0.25) is 0 Å². The van der Waals surface area contributed by atoms with Gasteiger partial charge in [0.15, 0.2) is 0 Å². The Balaban J connectivity index is 1.57. The molecule has 0 spiro atoms. The Hall–Kier alpha value is -3.13. The Labute approximate surface area is 159 Å². The van der Waals surface area contributed by atoms with Crippen molar-refractivity contribution in [2.75, 3.05) is 11.9 Å². The Bertz CT molecular complexity index is 928.